The van der Waals surface area contributed by atoms with Crippen LogP contribution >= 0.6 is 0 Å². The average molecular weight is 444 g/mol. The highest BCUT2D eigenvalue weighted by Crippen LogP contribution is 2.15. The lowest BCUT2D eigenvalue weighted by Crippen LogP contribution is -2.42. The zero-order chi connectivity index (χ0) is 22.8. The molecule has 0 amide bonds. The second-order valence-electron chi connectivity index (χ2n) is 8.13. The minimum Gasteiger partial charge on any atom is -0.491 e. The molecule has 176 valence electrons. The molecule has 1 aliphatic heterocycles. The van der Waals surface area contributed by atoms with E-state index in [1.807, 2.05) is 43.8 Å². The van der Waals surface area contributed by atoms with E-state index < -0.39 is 0 Å². The van der Waals surface area contributed by atoms with Gasteiger partial charge in [0.25, 0.3) is 0 Å². The minimum absolute atomic E-state index is 0.478. The number of guanidine groups is 1. The fourth-order valence-electron chi connectivity index (χ4n) is 3.49. The lowest BCUT2D eigenvalue weighted by atomic mass is 10.2. The maximum Gasteiger partial charge on any atom is 0.194 e. The molecule has 0 aliphatic carbocycles. The molecule has 9 heteroatoms. The van der Waals surface area contributed by atoms with Crippen molar-refractivity contribution >= 4 is 5.96 Å². The molecule has 1 saturated heterocycles. The number of benzene rings is 1. The van der Waals surface area contributed by atoms with Gasteiger partial charge in [0.1, 0.15) is 24.7 Å². The summed E-state index contributed by atoms with van der Waals surface area (Å²) in [4.78, 5) is 9.37. The SMILES string of the molecule is Cc1ccccc1OCCN(C)C(=NCc1nnc(C)n1C)NCCCN1CCOCC1. The quantitative estimate of drug-likeness (QED) is 0.339. The van der Waals surface area contributed by atoms with Crippen LogP contribution in [0.25, 0.3) is 0 Å². The van der Waals surface area contributed by atoms with Gasteiger partial charge in [0.15, 0.2) is 11.8 Å². The largest absolute Gasteiger partial charge is 0.491 e. The first kappa shape index (κ1) is 24.0. The Labute approximate surface area is 191 Å². The molecule has 1 N–H and O–H groups in total. The van der Waals surface area contributed by atoms with Crippen LogP contribution in [0.5, 0.6) is 5.75 Å². The standard InChI is InChI=1S/C23H37N7O2/c1-19-8-5-6-9-21(19)32-17-12-28(3)23(25-18-22-27-26-20(2)29(22)4)24-10-7-11-30-13-15-31-16-14-30/h5-6,8-9H,7,10-18H2,1-4H3,(H,24,25). The van der Waals surface area contributed by atoms with Gasteiger partial charge in [-0.05, 0) is 38.4 Å². The molecule has 1 fully saturated rings. The van der Waals surface area contributed by atoms with E-state index in [9.17, 15) is 0 Å². The van der Waals surface area contributed by atoms with Crippen LogP contribution in [0.3, 0.4) is 0 Å². The summed E-state index contributed by atoms with van der Waals surface area (Å²) in [5, 5.41) is 11.9. The van der Waals surface area contributed by atoms with Crippen LogP contribution in [0.2, 0.25) is 0 Å². The van der Waals surface area contributed by atoms with Crippen LogP contribution in [0.4, 0.5) is 0 Å². The zero-order valence-electron chi connectivity index (χ0n) is 19.9. The molecule has 1 aromatic heterocycles. The topological polar surface area (TPSA) is 80.0 Å². The molecule has 9 nitrogen and oxygen atoms in total. The van der Waals surface area contributed by atoms with Crippen LogP contribution in [0.15, 0.2) is 29.3 Å². The molecule has 1 aliphatic rings. The molecule has 0 saturated carbocycles. The number of aryl methyl sites for hydroxylation is 2. The van der Waals surface area contributed by atoms with Gasteiger partial charge in [0, 0.05) is 33.7 Å². The molecular formula is C23H37N7O2. The number of likely N-dealkylation sites (N-methyl/N-ethyl adjacent to an activating group) is 1. The van der Waals surface area contributed by atoms with Gasteiger partial charge in [-0.15, -0.1) is 10.2 Å². The normalized spacial score (nSPS) is 15.1. The van der Waals surface area contributed by atoms with Crippen molar-refractivity contribution in [1.82, 2.24) is 29.9 Å². The lowest BCUT2D eigenvalue weighted by molar-refractivity contribution is 0.0375. The van der Waals surface area contributed by atoms with Gasteiger partial charge in [-0.2, -0.15) is 0 Å². The second-order valence-corrected chi connectivity index (χ2v) is 8.13. The Hall–Kier alpha value is -2.65. The maximum atomic E-state index is 5.98. The van der Waals surface area contributed by atoms with Crippen molar-refractivity contribution in [3.63, 3.8) is 0 Å². The Balaban J connectivity index is 1.53. The number of ether oxygens (including phenoxy) is 2. The van der Waals surface area contributed by atoms with Crippen molar-refractivity contribution in [1.29, 1.82) is 0 Å². The zero-order valence-corrected chi connectivity index (χ0v) is 19.9. The number of nitrogens with one attached hydrogen (secondary N) is 1. The van der Waals surface area contributed by atoms with E-state index in [-0.39, 0.29) is 0 Å². The Morgan fingerprint density at radius 2 is 2.00 bits per heavy atom. The number of hydrogen-bond acceptors (Lipinski definition) is 6. The highest BCUT2D eigenvalue weighted by molar-refractivity contribution is 5.79. The van der Waals surface area contributed by atoms with Crippen LogP contribution in [0.1, 0.15) is 23.6 Å². The van der Waals surface area contributed by atoms with Crippen LogP contribution in [0, 0.1) is 13.8 Å². The van der Waals surface area contributed by atoms with E-state index in [1.165, 1.54) is 0 Å². The number of nitrogens with zero attached hydrogens (tertiary/aromatic N) is 6. The summed E-state index contributed by atoms with van der Waals surface area (Å²) in [5.74, 6) is 3.50. The number of aromatic nitrogens is 3. The van der Waals surface area contributed by atoms with E-state index >= 15 is 0 Å². The fraction of sp³-hybridized carbons (Fsp3) is 0.609. The number of aliphatic imine (C=N–C) groups is 1. The van der Waals surface area contributed by atoms with E-state index in [4.69, 9.17) is 14.5 Å². The summed E-state index contributed by atoms with van der Waals surface area (Å²) >= 11 is 0. The van der Waals surface area contributed by atoms with Gasteiger partial charge in [-0.1, -0.05) is 18.2 Å². The van der Waals surface area contributed by atoms with E-state index in [0.29, 0.717) is 13.2 Å². The van der Waals surface area contributed by atoms with Crippen molar-refractivity contribution in [2.24, 2.45) is 12.0 Å². The summed E-state index contributed by atoms with van der Waals surface area (Å²) in [6, 6.07) is 8.08. The number of rotatable bonds is 10. The molecule has 0 spiro atoms. The fourth-order valence-corrected chi connectivity index (χ4v) is 3.49. The Kier molecular flexibility index (Phi) is 9.30. The highest BCUT2D eigenvalue weighted by Gasteiger charge is 2.12. The number of para-hydroxylation sites is 1. The van der Waals surface area contributed by atoms with Crippen LogP contribution in [-0.4, -0.2) is 90.1 Å². The van der Waals surface area contributed by atoms with Crippen molar-refractivity contribution in [3.8, 4) is 5.75 Å². The second kappa shape index (κ2) is 12.4. The van der Waals surface area contributed by atoms with Crippen molar-refractivity contribution in [3.05, 3.63) is 41.5 Å². The van der Waals surface area contributed by atoms with Gasteiger partial charge < -0.3 is 24.3 Å². The number of hydrogen-bond donors (Lipinski definition) is 1. The molecule has 1 aromatic carbocycles. The van der Waals surface area contributed by atoms with Crippen LogP contribution in [-0.2, 0) is 18.3 Å². The van der Waals surface area contributed by atoms with Gasteiger partial charge in [0.05, 0.1) is 19.8 Å². The van der Waals surface area contributed by atoms with E-state index in [0.717, 1.165) is 81.3 Å². The molecule has 0 unspecified atom stereocenters. The Bertz CT molecular complexity index is 862. The van der Waals surface area contributed by atoms with Gasteiger partial charge in [0.2, 0.25) is 0 Å². The summed E-state index contributed by atoms with van der Waals surface area (Å²) in [5.41, 5.74) is 1.14. The van der Waals surface area contributed by atoms with E-state index in [1.54, 1.807) is 0 Å². The average Bonchev–Trinajstić information content (AvgIpc) is 3.12. The molecule has 32 heavy (non-hydrogen) atoms. The molecular weight excluding hydrogens is 406 g/mol. The third-order valence-corrected chi connectivity index (χ3v) is 5.73. The third kappa shape index (κ3) is 7.20. The summed E-state index contributed by atoms with van der Waals surface area (Å²) < 4.78 is 13.4. The molecule has 2 heterocycles. The monoisotopic (exact) mass is 443 g/mol. The molecule has 0 atom stereocenters. The molecule has 0 bridgehead atoms. The minimum atomic E-state index is 0.478. The van der Waals surface area contributed by atoms with Crippen molar-refractivity contribution < 1.29 is 9.47 Å². The van der Waals surface area contributed by atoms with Crippen molar-refractivity contribution in [2.45, 2.75) is 26.8 Å². The Morgan fingerprint density at radius 1 is 1.22 bits per heavy atom. The van der Waals surface area contributed by atoms with Gasteiger partial charge in [-0.3, -0.25) is 4.90 Å². The maximum absolute atomic E-state index is 5.98. The Morgan fingerprint density at radius 3 is 2.72 bits per heavy atom. The summed E-state index contributed by atoms with van der Waals surface area (Å²) in [6.07, 6.45) is 1.05. The summed E-state index contributed by atoms with van der Waals surface area (Å²) in [6.45, 7) is 11.4. The first-order valence-corrected chi connectivity index (χ1v) is 11.4. The molecule has 2 aromatic rings. The summed E-state index contributed by atoms with van der Waals surface area (Å²) in [7, 11) is 4.01. The first-order chi connectivity index (χ1) is 15.5. The smallest absolute Gasteiger partial charge is 0.194 e. The van der Waals surface area contributed by atoms with Gasteiger partial charge in [-0.25, -0.2) is 4.99 Å². The van der Waals surface area contributed by atoms with Crippen molar-refractivity contribution in [2.75, 3.05) is 59.6 Å². The molecule has 0 radical (unpaired) electrons. The first-order valence-electron chi connectivity index (χ1n) is 11.4. The predicted molar refractivity (Wildman–Crippen MR) is 126 cm³/mol. The number of morpholine rings is 1. The lowest BCUT2D eigenvalue weighted by Gasteiger charge is -2.27. The highest BCUT2D eigenvalue weighted by atomic mass is 16.5. The van der Waals surface area contributed by atoms with Crippen LogP contribution < -0.4 is 10.1 Å². The van der Waals surface area contributed by atoms with E-state index in [2.05, 4.69) is 38.3 Å². The third-order valence-electron chi connectivity index (χ3n) is 5.73. The van der Waals surface area contributed by atoms with Gasteiger partial charge >= 0.3 is 0 Å². The molecule has 3 rings (SSSR count). The predicted octanol–water partition coefficient (Wildman–Crippen LogP) is 1.61.